The maximum atomic E-state index is 12.9. The molecule has 9 heteroatoms. The third kappa shape index (κ3) is 5.93. The second-order valence-electron chi connectivity index (χ2n) is 8.14. The van der Waals surface area contributed by atoms with Crippen LogP contribution in [0.2, 0.25) is 0 Å². The van der Waals surface area contributed by atoms with Crippen LogP contribution in [-0.4, -0.2) is 61.8 Å². The number of urea groups is 1. The lowest BCUT2D eigenvalue weighted by Gasteiger charge is -2.36. The van der Waals surface area contributed by atoms with Crippen molar-refractivity contribution in [3.63, 3.8) is 0 Å². The van der Waals surface area contributed by atoms with E-state index in [-0.39, 0.29) is 42.9 Å². The van der Waals surface area contributed by atoms with E-state index in [0.29, 0.717) is 12.3 Å². The summed E-state index contributed by atoms with van der Waals surface area (Å²) in [6.45, 7) is 9.00. The molecule has 0 aromatic heterocycles. The third-order valence-electron chi connectivity index (χ3n) is 5.06. The molecule has 0 radical (unpaired) electrons. The van der Waals surface area contributed by atoms with E-state index >= 15 is 0 Å². The molecule has 1 heterocycles. The van der Waals surface area contributed by atoms with Gasteiger partial charge in [-0.3, -0.25) is 4.79 Å². The summed E-state index contributed by atoms with van der Waals surface area (Å²) in [5.74, 6) is 0.302. The Kier molecular flexibility index (Phi) is 7.65. The van der Waals surface area contributed by atoms with Gasteiger partial charge in [-0.05, 0) is 36.0 Å². The highest BCUT2D eigenvalue weighted by atomic mass is 32.2. The summed E-state index contributed by atoms with van der Waals surface area (Å²) >= 11 is 0. The first-order valence-electron chi connectivity index (χ1n) is 9.97. The van der Waals surface area contributed by atoms with Gasteiger partial charge in [0, 0.05) is 26.2 Å². The predicted octanol–water partition coefficient (Wildman–Crippen LogP) is 1.73. The second-order valence-corrected chi connectivity index (χ2v) is 10.1. The van der Waals surface area contributed by atoms with Crippen LogP contribution in [-0.2, 0) is 14.8 Å². The zero-order valence-corrected chi connectivity index (χ0v) is 18.4. The lowest BCUT2D eigenvalue weighted by Crippen LogP contribution is -2.56. The molecule has 0 bridgehead atoms. The van der Waals surface area contributed by atoms with Gasteiger partial charge in [0.25, 0.3) is 0 Å². The first-order chi connectivity index (χ1) is 13.5. The molecule has 1 atom stereocenters. The fourth-order valence-corrected chi connectivity index (χ4v) is 4.83. The molecule has 0 spiro atoms. The van der Waals surface area contributed by atoms with Crippen LogP contribution in [0, 0.1) is 5.92 Å². The SMILES string of the molecule is CC(C)CC(NC(N)=O)C(=O)N1CCN(S(=O)(=O)c2ccc(C(C)C)cc2)CC1. The van der Waals surface area contributed by atoms with Crippen LogP contribution in [0.25, 0.3) is 0 Å². The maximum absolute atomic E-state index is 12.9. The number of carbonyl (C=O) groups is 2. The summed E-state index contributed by atoms with van der Waals surface area (Å²) in [5, 5.41) is 2.51. The molecule has 1 aliphatic rings. The van der Waals surface area contributed by atoms with Gasteiger partial charge in [-0.25, -0.2) is 13.2 Å². The normalized spacial score (nSPS) is 16.8. The monoisotopic (exact) mass is 424 g/mol. The van der Waals surface area contributed by atoms with Crippen molar-refractivity contribution in [3.8, 4) is 0 Å². The summed E-state index contributed by atoms with van der Waals surface area (Å²) in [4.78, 5) is 25.9. The predicted molar refractivity (Wildman–Crippen MR) is 112 cm³/mol. The highest BCUT2D eigenvalue weighted by Gasteiger charge is 2.33. The highest BCUT2D eigenvalue weighted by molar-refractivity contribution is 7.89. The minimum atomic E-state index is -3.61. The molecule has 162 valence electrons. The van der Waals surface area contributed by atoms with Crippen molar-refractivity contribution in [2.75, 3.05) is 26.2 Å². The van der Waals surface area contributed by atoms with Crippen LogP contribution in [0.1, 0.15) is 45.6 Å². The van der Waals surface area contributed by atoms with Crippen LogP contribution in [0.3, 0.4) is 0 Å². The van der Waals surface area contributed by atoms with Crippen LogP contribution >= 0.6 is 0 Å². The number of sulfonamides is 1. The quantitative estimate of drug-likeness (QED) is 0.694. The molecule has 1 fully saturated rings. The van der Waals surface area contributed by atoms with Crippen molar-refractivity contribution in [1.29, 1.82) is 0 Å². The number of benzene rings is 1. The van der Waals surface area contributed by atoms with E-state index in [4.69, 9.17) is 5.73 Å². The van der Waals surface area contributed by atoms with Crippen molar-refractivity contribution < 1.29 is 18.0 Å². The number of hydrogen-bond acceptors (Lipinski definition) is 4. The van der Waals surface area contributed by atoms with Gasteiger partial charge in [-0.1, -0.05) is 39.8 Å². The molecule has 0 saturated carbocycles. The van der Waals surface area contributed by atoms with Crippen molar-refractivity contribution in [2.45, 2.75) is 51.0 Å². The molecule has 3 amide bonds. The molecule has 0 aliphatic carbocycles. The Morgan fingerprint density at radius 2 is 1.59 bits per heavy atom. The molecular weight excluding hydrogens is 392 g/mol. The Morgan fingerprint density at radius 1 is 1.03 bits per heavy atom. The van der Waals surface area contributed by atoms with Gasteiger partial charge in [0.2, 0.25) is 15.9 Å². The fourth-order valence-electron chi connectivity index (χ4n) is 3.41. The smallest absolute Gasteiger partial charge is 0.312 e. The van der Waals surface area contributed by atoms with Gasteiger partial charge < -0.3 is 16.0 Å². The summed E-state index contributed by atoms with van der Waals surface area (Å²) in [6, 6.07) is 5.51. The van der Waals surface area contributed by atoms with Crippen molar-refractivity contribution in [3.05, 3.63) is 29.8 Å². The van der Waals surface area contributed by atoms with Crippen LogP contribution in [0.4, 0.5) is 4.79 Å². The van der Waals surface area contributed by atoms with Crippen molar-refractivity contribution in [1.82, 2.24) is 14.5 Å². The average molecular weight is 425 g/mol. The third-order valence-corrected chi connectivity index (χ3v) is 6.97. The van der Waals surface area contributed by atoms with E-state index in [0.717, 1.165) is 5.56 Å². The van der Waals surface area contributed by atoms with Crippen molar-refractivity contribution >= 4 is 22.0 Å². The molecule has 1 saturated heterocycles. The number of carbonyl (C=O) groups excluding carboxylic acids is 2. The van der Waals surface area contributed by atoms with Crippen molar-refractivity contribution in [2.24, 2.45) is 11.7 Å². The van der Waals surface area contributed by atoms with E-state index in [1.54, 1.807) is 17.0 Å². The molecule has 1 aliphatic heterocycles. The Morgan fingerprint density at radius 3 is 2.03 bits per heavy atom. The Balaban J connectivity index is 2.04. The maximum Gasteiger partial charge on any atom is 0.312 e. The highest BCUT2D eigenvalue weighted by Crippen LogP contribution is 2.21. The summed E-state index contributed by atoms with van der Waals surface area (Å²) in [5.41, 5.74) is 6.28. The molecule has 29 heavy (non-hydrogen) atoms. The lowest BCUT2D eigenvalue weighted by molar-refractivity contribution is -0.134. The topological polar surface area (TPSA) is 113 Å². The first kappa shape index (κ1) is 23.2. The van der Waals surface area contributed by atoms with Gasteiger partial charge in [0.15, 0.2) is 0 Å². The molecule has 3 N–H and O–H groups in total. The van der Waals surface area contributed by atoms with Gasteiger partial charge in [0.1, 0.15) is 6.04 Å². The minimum Gasteiger partial charge on any atom is -0.352 e. The van der Waals surface area contributed by atoms with Gasteiger partial charge in [-0.15, -0.1) is 0 Å². The molecule has 1 aromatic rings. The number of primary amides is 1. The zero-order chi connectivity index (χ0) is 21.8. The number of amides is 3. The number of piperazine rings is 1. The van der Waals surface area contributed by atoms with Crippen LogP contribution in [0.5, 0.6) is 0 Å². The standard InChI is InChI=1S/C20H32N4O4S/c1-14(2)13-18(22-20(21)26)19(25)23-9-11-24(12-10-23)29(27,28)17-7-5-16(6-8-17)15(3)4/h5-8,14-15,18H,9-13H2,1-4H3,(H3,21,22,26). The van der Waals surface area contributed by atoms with E-state index in [9.17, 15) is 18.0 Å². The number of nitrogens with two attached hydrogens (primary N) is 1. The van der Waals surface area contributed by atoms with Crippen LogP contribution < -0.4 is 11.1 Å². The van der Waals surface area contributed by atoms with E-state index in [1.807, 2.05) is 26.0 Å². The number of rotatable bonds is 7. The molecule has 2 rings (SSSR count). The molecule has 1 aromatic carbocycles. The number of hydrogen-bond donors (Lipinski definition) is 2. The lowest BCUT2D eigenvalue weighted by atomic mass is 10.0. The molecule has 8 nitrogen and oxygen atoms in total. The van der Waals surface area contributed by atoms with Crippen LogP contribution in [0.15, 0.2) is 29.2 Å². The zero-order valence-electron chi connectivity index (χ0n) is 17.6. The molecular formula is C20H32N4O4S. The summed E-state index contributed by atoms with van der Waals surface area (Å²) < 4.78 is 27.2. The minimum absolute atomic E-state index is 0.200. The largest absolute Gasteiger partial charge is 0.352 e. The average Bonchev–Trinajstić information content (AvgIpc) is 2.66. The summed E-state index contributed by atoms with van der Waals surface area (Å²) in [7, 11) is -3.61. The molecule has 1 unspecified atom stereocenters. The van der Waals surface area contributed by atoms with E-state index in [2.05, 4.69) is 19.2 Å². The second kappa shape index (κ2) is 9.58. The van der Waals surface area contributed by atoms with E-state index < -0.39 is 22.1 Å². The Hall–Kier alpha value is -2.13. The van der Waals surface area contributed by atoms with Gasteiger partial charge in [0.05, 0.1) is 4.90 Å². The van der Waals surface area contributed by atoms with E-state index in [1.165, 1.54) is 4.31 Å². The Labute approximate surface area is 173 Å². The summed E-state index contributed by atoms with van der Waals surface area (Å²) in [6.07, 6.45) is 0.475. The Bertz CT molecular complexity index is 813. The first-order valence-corrected chi connectivity index (χ1v) is 11.4. The number of nitrogens with one attached hydrogen (secondary N) is 1. The van der Waals surface area contributed by atoms with Gasteiger partial charge >= 0.3 is 6.03 Å². The fraction of sp³-hybridized carbons (Fsp3) is 0.600. The number of nitrogens with zero attached hydrogens (tertiary/aromatic N) is 2. The van der Waals surface area contributed by atoms with Gasteiger partial charge in [-0.2, -0.15) is 4.31 Å².